The van der Waals surface area contributed by atoms with Gasteiger partial charge >= 0.3 is 6.18 Å². The number of hydrogen-bond acceptors (Lipinski definition) is 7. The van der Waals surface area contributed by atoms with Gasteiger partial charge in [0.15, 0.2) is 11.5 Å². The summed E-state index contributed by atoms with van der Waals surface area (Å²) >= 11 is 1.99. The summed E-state index contributed by atoms with van der Waals surface area (Å²) in [6.07, 6.45) is -4.74. The first-order chi connectivity index (χ1) is 15.3. The molecule has 3 aromatic rings. The zero-order valence-electron chi connectivity index (χ0n) is 16.8. The minimum Gasteiger partial charge on any atom is -0.493 e. The smallest absolute Gasteiger partial charge is 0.417 e. The maximum absolute atomic E-state index is 13.6. The Morgan fingerprint density at radius 1 is 1.22 bits per heavy atom. The summed E-state index contributed by atoms with van der Waals surface area (Å²) in [6, 6.07) is 10.5. The van der Waals surface area contributed by atoms with Gasteiger partial charge in [0.1, 0.15) is 11.1 Å². The number of nitriles is 1. The minimum atomic E-state index is -4.74. The quantitative estimate of drug-likeness (QED) is 0.454. The van der Waals surface area contributed by atoms with Gasteiger partial charge in [-0.1, -0.05) is 17.8 Å². The lowest BCUT2D eigenvalue weighted by atomic mass is 10.1. The summed E-state index contributed by atoms with van der Waals surface area (Å²) in [4.78, 5) is 17.1. The number of carbonyl (C=O) groups is 1. The van der Waals surface area contributed by atoms with Crippen molar-refractivity contribution in [1.82, 2.24) is 4.98 Å². The van der Waals surface area contributed by atoms with Gasteiger partial charge in [0.2, 0.25) is 5.91 Å². The second-order valence-electron chi connectivity index (χ2n) is 6.23. The molecular weight excluding hydrogens is 463 g/mol. The second kappa shape index (κ2) is 9.93. The van der Waals surface area contributed by atoms with Crippen molar-refractivity contribution >= 4 is 34.7 Å². The van der Waals surface area contributed by atoms with E-state index in [2.05, 4.69) is 10.3 Å². The number of pyridine rings is 1. The molecule has 11 heteroatoms. The van der Waals surface area contributed by atoms with Gasteiger partial charge < -0.3 is 14.8 Å². The maximum atomic E-state index is 13.6. The van der Waals surface area contributed by atoms with Crippen LogP contribution in [0.5, 0.6) is 11.5 Å². The molecule has 0 saturated heterocycles. The Kier molecular flexibility index (Phi) is 7.27. The van der Waals surface area contributed by atoms with Crippen LogP contribution in [0.4, 0.5) is 18.9 Å². The summed E-state index contributed by atoms with van der Waals surface area (Å²) < 4.78 is 51.0. The monoisotopic (exact) mass is 479 g/mol. The van der Waals surface area contributed by atoms with Gasteiger partial charge in [-0.05, 0) is 29.6 Å². The molecule has 166 valence electrons. The number of hydrogen-bond donors (Lipinski definition) is 1. The average molecular weight is 480 g/mol. The van der Waals surface area contributed by atoms with E-state index < -0.39 is 23.2 Å². The van der Waals surface area contributed by atoms with Crippen molar-refractivity contribution in [3.8, 4) is 28.1 Å². The molecule has 0 bridgehead atoms. The van der Waals surface area contributed by atoms with Gasteiger partial charge in [0, 0.05) is 11.8 Å². The molecule has 0 saturated carbocycles. The fourth-order valence-corrected chi connectivity index (χ4v) is 4.24. The highest BCUT2D eigenvalue weighted by molar-refractivity contribution is 8.00. The number of benzene rings is 1. The molecule has 0 spiro atoms. The Balaban J connectivity index is 1.84. The van der Waals surface area contributed by atoms with Crippen molar-refractivity contribution in [2.75, 3.05) is 25.3 Å². The lowest BCUT2D eigenvalue weighted by Gasteiger charge is -2.14. The fourth-order valence-electron chi connectivity index (χ4n) is 2.75. The standard InChI is InChI=1S/C21H16F3N3O3S2/c1-29-16-6-5-12(8-17(16)30-2)26-19(28)11-32-20-13(10-25)14(21(22,23)24)9-15(27-20)18-4-3-7-31-18/h3-9H,11H2,1-2H3,(H,26,28). The molecule has 6 nitrogen and oxygen atoms in total. The molecule has 0 aliphatic heterocycles. The van der Waals surface area contributed by atoms with Crippen LogP contribution in [-0.2, 0) is 11.0 Å². The largest absolute Gasteiger partial charge is 0.493 e. The van der Waals surface area contributed by atoms with Gasteiger partial charge in [-0.2, -0.15) is 18.4 Å². The van der Waals surface area contributed by atoms with E-state index in [1.165, 1.54) is 25.6 Å². The normalized spacial score (nSPS) is 11.0. The Hall–Kier alpha value is -3.23. The van der Waals surface area contributed by atoms with Crippen molar-refractivity contribution in [1.29, 1.82) is 5.26 Å². The predicted octanol–water partition coefficient (Wildman–Crippen LogP) is 5.45. The number of halogens is 3. The van der Waals surface area contributed by atoms with Crippen LogP contribution in [0.15, 0.2) is 46.8 Å². The van der Waals surface area contributed by atoms with E-state index in [4.69, 9.17) is 9.47 Å². The van der Waals surface area contributed by atoms with Crippen molar-refractivity contribution in [3.63, 3.8) is 0 Å². The van der Waals surface area contributed by atoms with Crippen molar-refractivity contribution in [2.45, 2.75) is 11.2 Å². The molecule has 1 aromatic carbocycles. The van der Waals surface area contributed by atoms with E-state index in [0.29, 0.717) is 22.1 Å². The van der Waals surface area contributed by atoms with Crippen molar-refractivity contribution < 1.29 is 27.4 Å². The van der Waals surface area contributed by atoms with Crippen LogP contribution >= 0.6 is 23.1 Å². The number of carbonyl (C=O) groups excluding carboxylic acids is 1. The molecule has 0 aliphatic rings. The number of ether oxygens (including phenoxy) is 2. The number of thioether (sulfide) groups is 1. The Labute approximate surface area is 190 Å². The summed E-state index contributed by atoms with van der Waals surface area (Å²) in [5.41, 5.74) is -1.18. The highest BCUT2D eigenvalue weighted by Gasteiger charge is 2.36. The molecule has 2 heterocycles. The SMILES string of the molecule is COc1ccc(NC(=O)CSc2nc(-c3cccs3)cc(C(F)(F)F)c2C#N)cc1OC. The number of amides is 1. The molecule has 0 atom stereocenters. The summed E-state index contributed by atoms with van der Waals surface area (Å²) in [5.74, 6) is 0.155. The van der Waals surface area contributed by atoms with Gasteiger partial charge in [-0.15, -0.1) is 11.3 Å². The van der Waals surface area contributed by atoms with E-state index in [9.17, 15) is 23.2 Å². The number of thiophene rings is 1. The van der Waals surface area contributed by atoms with E-state index in [1.807, 2.05) is 0 Å². The Morgan fingerprint density at radius 3 is 2.56 bits per heavy atom. The Morgan fingerprint density at radius 2 is 1.97 bits per heavy atom. The number of nitrogens with zero attached hydrogens (tertiary/aromatic N) is 2. The number of alkyl halides is 3. The van der Waals surface area contributed by atoms with Crippen LogP contribution in [0.3, 0.4) is 0 Å². The molecule has 2 aromatic heterocycles. The second-order valence-corrected chi connectivity index (χ2v) is 8.14. The zero-order valence-corrected chi connectivity index (χ0v) is 18.5. The summed E-state index contributed by atoms with van der Waals surface area (Å²) in [7, 11) is 2.93. The van der Waals surface area contributed by atoms with Crippen LogP contribution in [0.25, 0.3) is 10.6 Å². The van der Waals surface area contributed by atoms with Crippen molar-refractivity contribution in [3.05, 3.63) is 52.9 Å². The molecular formula is C21H16F3N3O3S2. The first kappa shape index (κ1) is 23.4. The van der Waals surface area contributed by atoms with Crippen LogP contribution in [0.2, 0.25) is 0 Å². The van der Waals surface area contributed by atoms with Gasteiger partial charge in [-0.3, -0.25) is 4.79 Å². The van der Waals surface area contributed by atoms with Crippen LogP contribution < -0.4 is 14.8 Å². The van der Waals surface area contributed by atoms with Gasteiger partial charge in [-0.25, -0.2) is 4.98 Å². The number of nitrogens with one attached hydrogen (secondary N) is 1. The van der Waals surface area contributed by atoms with Crippen LogP contribution in [-0.4, -0.2) is 30.9 Å². The zero-order chi connectivity index (χ0) is 23.3. The molecule has 1 amide bonds. The minimum absolute atomic E-state index is 0.0918. The third kappa shape index (κ3) is 5.33. The first-order valence-electron chi connectivity index (χ1n) is 8.97. The van der Waals surface area contributed by atoms with E-state index in [-0.39, 0.29) is 16.5 Å². The van der Waals surface area contributed by atoms with E-state index in [0.717, 1.165) is 17.8 Å². The molecule has 0 radical (unpaired) electrons. The molecule has 32 heavy (non-hydrogen) atoms. The lowest BCUT2D eigenvalue weighted by Crippen LogP contribution is -2.15. The van der Waals surface area contributed by atoms with E-state index in [1.54, 1.807) is 41.8 Å². The van der Waals surface area contributed by atoms with Gasteiger partial charge in [0.25, 0.3) is 0 Å². The highest BCUT2D eigenvalue weighted by Crippen LogP contribution is 2.38. The molecule has 3 rings (SSSR count). The van der Waals surface area contributed by atoms with Gasteiger partial charge in [0.05, 0.1) is 41.7 Å². The van der Waals surface area contributed by atoms with Crippen LogP contribution in [0.1, 0.15) is 11.1 Å². The predicted molar refractivity (Wildman–Crippen MR) is 116 cm³/mol. The fraction of sp³-hybridized carbons (Fsp3) is 0.190. The highest BCUT2D eigenvalue weighted by atomic mass is 32.2. The molecule has 0 fully saturated rings. The Bertz CT molecular complexity index is 1160. The third-order valence-corrected chi connectivity index (χ3v) is 6.05. The summed E-state index contributed by atoms with van der Waals surface area (Å²) in [6.45, 7) is 0. The molecule has 0 unspecified atom stereocenters. The number of rotatable bonds is 7. The van der Waals surface area contributed by atoms with Crippen molar-refractivity contribution in [2.24, 2.45) is 0 Å². The number of aromatic nitrogens is 1. The third-order valence-electron chi connectivity index (χ3n) is 4.18. The molecule has 1 N–H and O–H groups in total. The first-order valence-corrected chi connectivity index (χ1v) is 10.8. The van der Waals surface area contributed by atoms with E-state index >= 15 is 0 Å². The number of methoxy groups -OCH3 is 2. The number of anilines is 1. The maximum Gasteiger partial charge on any atom is 0.417 e. The van der Waals surface area contributed by atoms with Crippen LogP contribution in [0, 0.1) is 11.3 Å². The lowest BCUT2D eigenvalue weighted by molar-refractivity contribution is -0.138. The average Bonchev–Trinajstić information content (AvgIpc) is 3.31. The molecule has 0 aliphatic carbocycles. The topological polar surface area (TPSA) is 84.2 Å². The summed E-state index contributed by atoms with van der Waals surface area (Å²) in [5, 5.41) is 13.6.